The summed E-state index contributed by atoms with van der Waals surface area (Å²) in [6.45, 7) is 0. The smallest absolute Gasteiger partial charge is 0.220 e. The van der Waals surface area contributed by atoms with Crippen molar-refractivity contribution in [1.82, 2.24) is 23.9 Å². The van der Waals surface area contributed by atoms with Crippen molar-refractivity contribution in [1.29, 1.82) is 0 Å². The molecule has 0 N–H and O–H groups in total. The topological polar surface area (TPSA) is 61.2 Å². The van der Waals surface area contributed by atoms with Crippen LogP contribution < -0.4 is 0 Å². The molecule has 13 rings (SSSR count). The number of hydrogen-bond donors (Lipinski definition) is 0. The molecule has 0 atom stereocenters. The van der Waals surface area contributed by atoms with Gasteiger partial charge in [0, 0.05) is 27.6 Å². The molecule has 65 heavy (non-hydrogen) atoms. The van der Waals surface area contributed by atoms with E-state index in [1.165, 1.54) is 0 Å². The zero-order chi connectivity index (χ0) is 42.8. The molecule has 0 aliphatic carbocycles. The first-order chi connectivity index (χ1) is 32.2. The van der Waals surface area contributed by atoms with E-state index in [9.17, 15) is 0 Å². The van der Waals surface area contributed by atoms with Crippen LogP contribution in [0.15, 0.2) is 229 Å². The number of hydrogen-bond acceptors (Lipinski definition) is 4. The molecule has 0 fully saturated rings. The fourth-order valence-electron chi connectivity index (χ4n) is 9.48. The van der Waals surface area contributed by atoms with E-state index in [4.69, 9.17) is 19.4 Å². The number of furan rings is 1. The van der Waals surface area contributed by atoms with Gasteiger partial charge >= 0.3 is 0 Å². The second kappa shape index (κ2) is 14.9. The third-order valence-corrected chi connectivity index (χ3v) is 12.5. The van der Waals surface area contributed by atoms with E-state index < -0.39 is 0 Å². The molecule has 6 heteroatoms. The number of rotatable bonds is 7. The third kappa shape index (κ3) is 6.07. The fourth-order valence-corrected chi connectivity index (χ4v) is 9.48. The molecular weight excluding hydrogens is 795 g/mol. The Labute approximate surface area is 374 Å². The number of benzene rings is 9. The van der Waals surface area contributed by atoms with E-state index in [0.717, 1.165) is 111 Å². The zero-order valence-corrected chi connectivity index (χ0v) is 35.0. The van der Waals surface area contributed by atoms with Crippen LogP contribution in [0.5, 0.6) is 0 Å². The van der Waals surface area contributed by atoms with Crippen LogP contribution in [-0.2, 0) is 0 Å². The normalized spacial score (nSPS) is 11.7. The van der Waals surface area contributed by atoms with Crippen LogP contribution in [0.3, 0.4) is 0 Å². The summed E-state index contributed by atoms with van der Waals surface area (Å²) in [5.74, 6) is 1.46. The lowest BCUT2D eigenvalue weighted by Crippen LogP contribution is -2.03. The number of imidazole rings is 2. The minimum absolute atomic E-state index is 0.637. The Morgan fingerprint density at radius 2 is 0.892 bits per heavy atom. The minimum Gasteiger partial charge on any atom is -0.452 e. The molecule has 6 nitrogen and oxygen atoms in total. The summed E-state index contributed by atoms with van der Waals surface area (Å²) in [5, 5.41) is 0.949. The van der Waals surface area contributed by atoms with Crippen molar-refractivity contribution >= 4 is 49.9 Å². The Hall–Kier alpha value is -8.87. The van der Waals surface area contributed by atoms with Crippen molar-refractivity contribution < 1.29 is 4.42 Å². The molecule has 0 bridgehead atoms. The van der Waals surface area contributed by atoms with Gasteiger partial charge in [-0.1, -0.05) is 176 Å². The lowest BCUT2D eigenvalue weighted by Gasteiger charge is -2.20. The summed E-state index contributed by atoms with van der Waals surface area (Å²) in [6.07, 6.45) is 0. The van der Waals surface area contributed by atoms with Gasteiger partial charge in [0.15, 0.2) is 11.4 Å². The summed E-state index contributed by atoms with van der Waals surface area (Å²) in [5.41, 5.74) is 18.6. The summed E-state index contributed by atoms with van der Waals surface area (Å²) in [6, 6.07) is 78.7. The Bertz CT molecular complexity index is 3850. The monoisotopic (exact) mass is 831 g/mol. The molecule has 4 aromatic heterocycles. The Morgan fingerprint density at radius 3 is 1.51 bits per heavy atom. The molecule has 0 spiro atoms. The molecule has 0 radical (unpaired) electrons. The van der Waals surface area contributed by atoms with Gasteiger partial charge in [-0.2, -0.15) is 0 Å². The highest BCUT2D eigenvalue weighted by atomic mass is 16.3. The molecule has 0 unspecified atom stereocenters. The van der Waals surface area contributed by atoms with E-state index in [1.807, 2.05) is 36.4 Å². The molecule has 0 aliphatic heterocycles. The Kier molecular flexibility index (Phi) is 8.42. The van der Waals surface area contributed by atoms with Crippen LogP contribution in [0.1, 0.15) is 0 Å². The van der Waals surface area contributed by atoms with E-state index >= 15 is 0 Å². The number of nitrogens with zero attached hydrogens (tertiary/aromatic N) is 5. The van der Waals surface area contributed by atoms with E-state index in [1.54, 1.807) is 0 Å². The average molecular weight is 832 g/mol. The van der Waals surface area contributed by atoms with Crippen LogP contribution in [0, 0.1) is 0 Å². The summed E-state index contributed by atoms with van der Waals surface area (Å²) in [7, 11) is 0. The van der Waals surface area contributed by atoms with Crippen LogP contribution in [0.25, 0.3) is 123 Å². The van der Waals surface area contributed by atoms with Gasteiger partial charge in [0.1, 0.15) is 16.8 Å². The van der Waals surface area contributed by atoms with Crippen molar-refractivity contribution in [2.75, 3.05) is 0 Å². The van der Waals surface area contributed by atoms with Gasteiger partial charge in [-0.3, -0.25) is 8.97 Å². The van der Waals surface area contributed by atoms with Gasteiger partial charge in [-0.15, -0.1) is 0 Å². The first-order valence-corrected chi connectivity index (χ1v) is 21.9. The van der Waals surface area contributed by atoms with Crippen LogP contribution >= 0.6 is 0 Å². The quantitative estimate of drug-likeness (QED) is 0.160. The fraction of sp³-hybridized carbons (Fsp3) is 0. The molecule has 0 saturated carbocycles. The van der Waals surface area contributed by atoms with E-state index in [-0.39, 0.29) is 0 Å². The number of aromatic nitrogens is 5. The Morgan fingerprint density at radius 1 is 0.369 bits per heavy atom. The maximum absolute atomic E-state index is 6.72. The highest BCUT2D eigenvalue weighted by molar-refractivity contribution is 6.08. The van der Waals surface area contributed by atoms with Crippen molar-refractivity contribution in [3.63, 3.8) is 0 Å². The minimum atomic E-state index is 0.637. The van der Waals surface area contributed by atoms with Gasteiger partial charge < -0.3 is 4.42 Å². The van der Waals surface area contributed by atoms with E-state index in [2.05, 4.69) is 197 Å². The molecule has 0 saturated heterocycles. The molecule has 4 heterocycles. The predicted octanol–water partition coefficient (Wildman–Crippen LogP) is 15.1. The highest BCUT2D eigenvalue weighted by Gasteiger charge is 2.26. The second-order valence-electron chi connectivity index (χ2n) is 16.4. The zero-order valence-electron chi connectivity index (χ0n) is 35.0. The van der Waals surface area contributed by atoms with Gasteiger partial charge in [0.05, 0.1) is 27.8 Å². The lowest BCUT2D eigenvalue weighted by atomic mass is 9.91. The summed E-state index contributed by atoms with van der Waals surface area (Å²) < 4.78 is 11.4. The average Bonchev–Trinajstić information content (AvgIpc) is 4.05. The standard InChI is InChI=1S/C59H37N5O/c1-6-18-38(19-7-1)43-30-32-49-51(36-43)63-52-37-44(39-20-8-2-9-21-39)31-33-50(52)64(59(63)60-49)56-47(40-22-10-3-11-23-40)34-45(35-48(56)41-24-12-4-13-25-41)54-57-55(46-28-16-17-29-53(46)65-57)62-58(61-54)42-26-14-5-15-27-42/h1-37H. The number of fused-ring (bicyclic) bond motifs is 8. The maximum Gasteiger partial charge on any atom is 0.220 e. The largest absolute Gasteiger partial charge is 0.452 e. The molecule has 0 aliphatic rings. The Balaban J connectivity index is 1.17. The highest BCUT2D eigenvalue weighted by Crippen LogP contribution is 2.45. The summed E-state index contributed by atoms with van der Waals surface area (Å²) >= 11 is 0. The molecule has 0 amide bonds. The van der Waals surface area contributed by atoms with Crippen LogP contribution in [-0.4, -0.2) is 23.9 Å². The number of para-hydroxylation sites is 1. The van der Waals surface area contributed by atoms with Crippen molar-refractivity contribution in [2.24, 2.45) is 0 Å². The van der Waals surface area contributed by atoms with Gasteiger partial charge in [0.2, 0.25) is 5.78 Å². The first kappa shape index (κ1) is 36.8. The van der Waals surface area contributed by atoms with Gasteiger partial charge in [0.25, 0.3) is 0 Å². The molecule has 304 valence electrons. The lowest BCUT2D eigenvalue weighted by molar-refractivity contribution is 0.667. The third-order valence-electron chi connectivity index (χ3n) is 12.5. The first-order valence-electron chi connectivity index (χ1n) is 21.9. The van der Waals surface area contributed by atoms with Crippen molar-refractivity contribution in [2.45, 2.75) is 0 Å². The molecular formula is C59H37N5O. The second-order valence-corrected chi connectivity index (χ2v) is 16.4. The SMILES string of the molecule is c1ccc(-c2ccc3nc4n(-c5c(-c6ccccc6)cc(-c6nc(-c7ccccc7)nc7c6oc6ccccc67)cc5-c5ccccc5)c5ccc(-c6ccccc6)cc5n4c3c2)cc1. The molecule has 13 aromatic rings. The van der Waals surface area contributed by atoms with Gasteiger partial charge in [-0.25, -0.2) is 15.0 Å². The van der Waals surface area contributed by atoms with Crippen LogP contribution in [0.2, 0.25) is 0 Å². The van der Waals surface area contributed by atoms with Crippen molar-refractivity contribution in [3.8, 4) is 72.8 Å². The summed E-state index contributed by atoms with van der Waals surface area (Å²) in [4.78, 5) is 16.1. The molecule has 9 aromatic carbocycles. The van der Waals surface area contributed by atoms with Crippen LogP contribution in [0.4, 0.5) is 0 Å². The predicted molar refractivity (Wildman–Crippen MR) is 265 cm³/mol. The maximum atomic E-state index is 6.72. The van der Waals surface area contributed by atoms with E-state index in [0.29, 0.717) is 11.4 Å². The van der Waals surface area contributed by atoms with Gasteiger partial charge in [-0.05, 0) is 81.9 Å². The van der Waals surface area contributed by atoms with Crippen molar-refractivity contribution in [3.05, 3.63) is 224 Å².